The van der Waals surface area contributed by atoms with Crippen LogP contribution in [0.4, 0.5) is 11.8 Å². The van der Waals surface area contributed by atoms with E-state index < -0.39 is 10.8 Å². The first-order valence-electron chi connectivity index (χ1n) is 7.99. The van der Waals surface area contributed by atoms with Gasteiger partial charge in [-0.1, -0.05) is 0 Å². The van der Waals surface area contributed by atoms with Crippen LogP contribution in [0.2, 0.25) is 0 Å². The third kappa shape index (κ3) is 3.00. The Morgan fingerprint density at radius 2 is 1.83 bits per heavy atom. The lowest BCUT2D eigenvalue weighted by molar-refractivity contribution is 0.580. The van der Waals surface area contributed by atoms with E-state index >= 15 is 0 Å². The molecule has 0 radical (unpaired) electrons. The summed E-state index contributed by atoms with van der Waals surface area (Å²) >= 11 is 0. The van der Waals surface area contributed by atoms with Gasteiger partial charge in [-0.2, -0.15) is 4.98 Å². The molecule has 4 rings (SSSR count). The van der Waals surface area contributed by atoms with Gasteiger partial charge < -0.3 is 15.1 Å². The van der Waals surface area contributed by atoms with Crippen molar-refractivity contribution >= 4 is 33.6 Å². The predicted molar refractivity (Wildman–Crippen MR) is 92.5 cm³/mol. The summed E-state index contributed by atoms with van der Waals surface area (Å²) in [4.78, 5) is 18.4. The number of nitrogens with zero attached hydrogens (tertiary/aromatic N) is 5. The van der Waals surface area contributed by atoms with Gasteiger partial charge in [-0.3, -0.25) is 9.19 Å². The van der Waals surface area contributed by atoms with E-state index in [0.717, 1.165) is 62.1 Å². The zero-order valence-corrected chi connectivity index (χ0v) is 13.8. The molecule has 2 aliphatic rings. The quantitative estimate of drug-likeness (QED) is 0.830. The molecule has 2 aliphatic heterocycles. The fraction of sp³-hybridized carbons (Fsp3) is 0.533. The Morgan fingerprint density at radius 1 is 1.04 bits per heavy atom. The van der Waals surface area contributed by atoms with Gasteiger partial charge >= 0.3 is 0 Å². The lowest BCUT2D eigenvalue weighted by Gasteiger charge is -2.31. The van der Waals surface area contributed by atoms with Gasteiger partial charge in [0.05, 0.1) is 5.52 Å². The molecule has 0 spiro atoms. The van der Waals surface area contributed by atoms with Crippen molar-refractivity contribution < 1.29 is 4.21 Å². The molecule has 0 atom stereocenters. The summed E-state index contributed by atoms with van der Waals surface area (Å²) in [5.74, 6) is 3.04. The SMILES string of the molecule is O=S1CCN(c2nc(N3CCNCC3)nc3cccnc23)CC1. The van der Waals surface area contributed by atoms with Crippen LogP contribution in [-0.2, 0) is 10.8 Å². The molecule has 0 saturated carbocycles. The topological polar surface area (TPSA) is 74.2 Å². The van der Waals surface area contributed by atoms with Crippen LogP contribution < -0.4 is 15.1 Å². The molecule has 23 heavy (non-hydrogen) atoms. The Kier molecular flexibility index (Phi) is 4.09. The van der Waals surface area contributed by atoms with Crippen LogP contribution in [0.1, 0.15) is 0 Å². The number of fused-ring (bicyclic) bond motifs is 1. The van der Waals surface area contributed by atoms with Crippen molar-refractivity contribution in [2.45, 2.75) is 0 Å². The molecular weight excluding hydrogens is 312 g/mol. The van der Waals surface area contributed by atoms with Crippen molar-refractivity contribution in [1.29, 1.82) is 0 Å². The Labute approximate surface area is 137 Å². The zero-order valence-electron chi connectivity index (χ0n) is 12.9. The average molecular weight is 332 g/mol. The Hall–Kier alpha value is -1.80. The first-order chi connectivity index (χ1) is 11.3. The molecule has 2 aromatic rings. The van der Waals surface area contributed by atoms with Crippen LogP contribution in [0, 0.1) is 0 Å². The second kappa shape index (κ2) is 6.37. The maximum Gasteiger partial charge on any atom is 0.228 e. The molecule has 0 unspecified atom stereocenters. The zero-order chi connectivity index (χ0) is 15.6. The van der Waals surface area contributed by atoms with Crippen LogP contribution in [0.15, 0.2) is 18.3 Å². The second-order valence-electron chi connectivity index (χ2n) is 5.79. The highest BCUT2D eigenvalue weighted by molar-refractivity contribution is 7.85. The third-order valence-electron chi connectivity index (χ3n) is 4.30. The van der Waals surface area contributed by atoms with Gasteiger partial charge in [0.15, 0.2) is 5.82 Å². The molecule has 1 N–H and O–H groups in total. The van der Waals surface area contributed by atoms with Crippen molar-refractivity contribution in [2.75, 3.05) is 60.6 Å². The van der Waals surface area contributed by atoms with Crippen LogP contribution in [0.5, 0.6) is 0 Å². The van der Waals surface area contributed by atoms with Crippen molar-refractivity contribution in [3.8, 4) is 0 Å². The molecule has 2 aromatic heterocycles. The van der Waals surface area contributed by atoms with Crippen LogP contribution >= 0.6 is 0 Å². The summed E-state index contributed by atoms with van der Waals surface area (Å²) in [6.45, 7) is 5.25. The number of pyridine rings is 1. The van der Waals surface area contributed by atoms with Gasteiger partial charge in [-0.25, -0.2) is 4.98 Å². The molecule has 0 bridgehead atoms. The summed E-state index contributed by atoms with van der Waals surface area (Å²) < 4.78 is 11.6. The standard InChI is InChI=1S/C15H20N6OS/c22-23-10-8-20(9-11-23)14-13-12(2-1-3-17-13)18-15(19-14)21-6-4-16-5-7-21/h1-3,16H,4-11H2. The molecule has 4 heterocycles. The molecule has 0 aliphatic carbocycles. The van der Waals surface area contributed by atoms with Crippen molar-refractivity contribution in [1.82, 2.24) is 20.3 Å². The van der Waals surface area contributed by atoms with E-state index in [4.69, 9.17) is 9.97 Å². The molecule has 7 nitrogen and oxygen atoms in total. The molecule has 0 aromatic carbocycles. The van der Waals surface area contributed by atoms with E-state index in [-0.39, 0.29) is 0 Å². The normalized spacial score (nSPS) is 20.2. The van der Waals surface area contributed by atoms with Crippen molar-refractivity contribution in [3.05, 3.63) is 18.3 Å². The first kappa shape index (κ1) is 14.8. The van der Waals surface area contributed by atoms with E-state index in [1.54, 1.807) is 6.20 Å². The number of aromatic nitrogens is 3. The number of rotatable bonds is 2. The Morgan fingerprint density at radius 3 is 2.61 bits per heavy atom. The summed E-state index contributed by atoms with van der Waals surface area (Å²) in [5.41, 5.74) is 1.71. The minimum atomic E-state index is -0.702. The molecule has 8 heteroatoms. The fourth-order valence-corrected chi connectivity index (χ4v) is 4.07. The van der Waals surface area contributed by atoms with E-state index in [0.29, 0.717) is 11.5 Å². The largest absolute Gasteiger partial charge is 0.353 e. The first-order valence-corrected chi connectivity index (χ1v) is 9.48. The molecule has 0 amide bonds. The number of hydrogen-bond acceptors (Lipinski definition) is 7. The summed E-state index contributed by atoms with van der Waals surface area (Å²) in [6.07, 6.45) is 1.78. The minimum Gasteiger partial charge on any atom is -0.353 e. The molecule has 2 saturated heterocycles. The highest BCUT2D eigenvalue weighted by Gasteiger charge is 2.22. The van der Waals surface area contributed by atoms with Gasteiger partial charge in [-0.05, 0) is 12.1 Å². The predicted octanol–water partition coefficient (Wildman–Crippen LogP) is 0.00310. The molecule has 2 fully saturated rings. The Balaban J connectivity index is 1.75. The average Bonchev–Trinajstić information content (AvgIpc) is 2.62. The third-order valence-corrected chi connectivity index (χ3v) is 5.58. The van der Waals surface area contributed by atoms with Gasteiger partial charge in [0.2, 0.25) is 5.95 Å². The van der Waals surface area contributed by atoms with E-state index in [2.05, 4.69) is 20.1 Å². The highest BCUT2D eigenvalue weighted by atomic mass is 32.2. The van der Waals surface area contributed by atoms with Crippen LogP contribution in [0.3, 0.4) is 0 Å². The van der Waals surface area contributed by atoms with E-state index in [1.165, 1.54) is 0 Å². The Bertz CT molecular complexity index is 723. The number of nitrogens with one attached hydrogen (secondary N) is 1. The summed E-state index contributed by atoms with van der Waals surface area (Å²) in [6, 6.07) is 3.90. The maximum absolute atomic E-state index is 11.6. The maximum atomic E-state index is 11.6. The summed E-state index contributed by atoms with van der Waals surface area (Å²) in [7, 11) is -0.702. The summed E-state index contributed by atoms with van der Waals surface area (Å²) in [5, 5.41) is 3.35. The van der Waals surface area contributed by atoms with Gasteiger partial charge in [-0.15, -0.1) is 0 Å². The van der Waals surface area contributed by atoms with Crippen LogP contribution in [-0.4, -0.2) is 69.9 Å². The number of anilines is 2. The van der Waals surface area contributed by atoms with Gasteiger partial charge in [0.25, 0.3) is 0 Å². The molecule has 122 valence electrons. The van der Waals surface area contributed by atoms with Gasteiger partial charge in [0.1, 0.15) is 5.52 Å². The fourth-order valence-electron chi connectivity index (χ4n) is 3.02. The number of piperazine rings is 1. The highest BCUT2D eigenvalue weighted by Crippen LogP contribution is 2.25. The smallest absolute Gasteiger partial charge is 0.228 e. The number of hydrogen-bond donors (Lipinski definition) is 1. The van der Waals surface area contributed by atoms with E-state index in [9.17, 15) is 4.21 Å². The monoisotopic (exact) mass is 332 g/mol. The van der Waals surface area contributed by atoms with Crippen molar-refractivity contribution in [3.63, 3.8) is 0 Å². The second-order valence-corrected chi connectivity index (χ2v) is 7.49. The lowest BCUT2D eigenvalue weighted by atomic mass is 10.3. The van der Waals surface area contributed by atoms with Crippen LogP contribution in [0.25, 0.3) is 11.0 Å². The van der Waals surface area contributed by atoms with Crippen molar-refractivity contribution in [2.24, 2.45) is 0 Å². The lowest BCUT2D eigenvalue weighted by Crippen LogP contribution is -2.44. The van der Waals surface area contributed by atoms with E-state index in [1.807, 2.05) is 12.1 Å². The molecular formula is C15H20N6OS. The van der Waals surface area contributed by atoms with Gasteiger partial charge in [0, 0.05) is 67.8 Å². The minimum absolute atomic E-state index is 0.696.